The molecule has 29 heavy (non-hydrogen) atoms. The fourth-order valence-electron chi connectivity index (χ4n) is 3.86. The number of benzene rings is 1. The Labute approximate surface area is 177 Å². The number of halogens is 1. The first-order chi connectivity index (χ1) is 13.5. The van der Waals surface area contributed by atoms with Crippen LogP contribution in [-0.4, -0.2) is 19.7 Å². The van der Waals surface area contributed by atoms with Crippen LogP contribution in [0.25, 0.3) is 17.1 Å². The van der Waals surface area contributed by atoms with Gasteiger partial charge in [0.25, 0.3) is 0 Å². The highest BCUT2D eigenvalue weighted by Crippen LogP contribution is 2.41. The van der Waals surface area contributed by atoms with E-state index in [2.05, 4.69) is 61.9 Å². The standard InChI is InChI=1S/C23H29FN4S/c1-15-10-17(12-22(3,4)5)11-16(2)20(15)28-14-26-27-21(28)18-13-25-9-8-19(18)23(6,7)29-24/h8-11,13-14H,12H2,1-7H3. The fraction of sp³-hybridized carbons (Fsp3) is 0.435. The van der Waals surface area contributed by atoms with Gasteiger partial charge in [0.1, 0.15) is 6.33 Å². The van der Waals surface area contributed by atoms with Crippen molar-refractivity contribution in [2.75, 3.05) is 0 Å². The van der Waals surface area contributed by atoms with Gasteiger partial charge in [-0.15, -0.1) is 10.2 Å². The maximum absolute atomic E-state index is 13.7. The minimum atomic E-state index is -0.713. The van der Waals surface area contributed by atoms with Gasteiger partial charge in [-0.25, -0.2) is 0 Å². The average molecular weight is 413 g/mol. The van der Waals surface area contributed by atoms with Crippen molar-refractivity contribution in [2.45, 2.75) is 59.6 Å². The molecule has 4 nitrogen and oxygen atoms in total. The Morgan fingerprint density at radius 2 is 1.72 bits per heavy atom. The molecule has 2 aromatic heterocycles. The third-order valence-corrected chi connectivity index (χ3v) is 5.58. The molecule has 0 spiro atoms. The van der Waals surface area contributed by atoms with Crippen LogP contribution in [0.2, 0.25) is 0 Å². The molecule has 0 fully saturated rings. The van der Waals surface area contributed by atoms with E-state index in [0.717, 1.165) is 34.4 Å². The Kier molecular flexibility index (Phi) is 5.86. The van der Waals surface area contributed by atoms with E-state index in [4.69, 9.17) is 0 Å². The van der Waals surface area contributed by atoms with Crippen LogP contribution < -0.4 is 0 Å². The first-order valence-corrected chi connectivity index (χ1v) is 10.5. The number of nitrogens with zero attached hydrogens (tertiary/aromatic N) is 4. The zero-order chi connectivity index (χ0) is 21.4. The molecule has 2 heterocycles. The van der Waals surface area contributed by atoms with Crippen molar-refractivity contribution in [1.29, 1.82) is 0 Å². The van der Waals surface area contributed by atoms with E-state index < -0.39 is 4.75 Å². The summed E-state index contributed by atoms with van der Waals surface area (Å²) >= 11 is 0.322. The van der Waals surface area contributed by atoms with Gasteiger partial charge in [0, 0.05) is 18.0 Å². The predicted octanol–water partition coefficient (Wildman–Crippen LogP) is 6.39. The van der Waals surface area contributed by atoms with Crippen molar-refractivity contribution in [3.8, 4) is 17.1 Å². The lowest BCUT2D eigenvalue weighted by atomic mass is 9.87. The lowest BCUT2D eigenvalue weighted by Crippen LogP contribution is -2.14. The molecule has 154 valence electrons. The van der Waals surface area contributed by atoms with Gasteiger partial charge in [-0.1, -0.05) is 32.9 Å². The van der Waals surface area contributed by atoms with E-state index in [9.17, 15) is 3.89 Å². The van der Waals surface area contributed by atoms with E-state index in [-0.39, 0.29) is 5.41 Å². The summed E-state index contributed by atoms with van der Waals surface area (Å²) in [6.45, 7) is 14.7. The Morgan fingerprint density at radius 3 is 2.31 bits per heavy atom. The zero-order valence-electron chi connectivity index (χ0n) is 18.2. The second-order valence-electron chi connectivity index (χ2n) is 9.35. The molecule has 0 bridgehead atoms. The average Bonchev–Trinajstić information content (AvgIpc) is 3.08. The van der Waals surface area contributed by atoms with Crippen LogP contribution >= 0.6 is 12.1 Å². The van der Waals surface area contributed by atoms with E-state index in [1.165, 1.54) is 5.56 Å². The Morgan fingerprint density at radius 1 is 1.07 bits per heavy atom. The maximum atomic E-state index is 13.7. The van der Waals surface area contributed by atoms with Gasteiger partial charge >= 0.3 is 0 Å². The number of hydrogen-bond donors (Lipinski definition) is 0. The SMILES string of the molecule is Cc1cc(CC(C)(C)C)cc(C)c1-n1cnnc1-c1cnccc1C(C)(C)SF. The molecule has 0 saturated carbocycles. The van der Waals surface area contributed by atoms with Gasteiger partial charge in [0.15, 0.2) is 5.82 Å². The smallest absolute Gasteiger partial charge is 0.170 e. The van der Waals surface area contributed by atoms with Crippen LogP contribution in [-0.2, 0) is 11.2 Å². The molecule has 0 N–H and O–H groups in total. The van der Waals surface area contributed by atoms with Gasteiger partial charge in [0.05, 0.1) is 22.6 Å². The third kappa shape index (κ3) is 4.53. The van der Waals surface area contributed by atoms with Gasteiger partial charge in [0.2, 0.25) is 0 Å². The lowest BCUT2D eigenvalue weighted by Gasteiger charge is -2.23. The largest absolute Gasteiger partial charge is 0.281 e. The first-order valence-electron chi connectivity index (χ1n) is 9.78. The third-order valence-electron chi connectivity index (χ3n) is 4.98. The highest BCUT2D eigenvalue weighted by Gasteiger charge is 2.28. The van der Waals surface area contributed by atoms with Gasteiger partial charge in [-0.05, 0) is 67.9 Å². The highest BCUT2D eigenvalue weighted by atomic mass is 32.2. The summed E-state index contributed by atoms with van der Waals surface area (Å²) < 4.78 is 14.9. The monoisotopic (exact) mass is 412 g/mol. The van der Waals surface area contributed by atoms with E-state index in [1.54, 1.807) is 18.7 Å². The van der Waals surface area contributed by atoms with Crippen LogP contribution in [0.1, 0.15) is 56.9 Å². The Balaban J connectivity index is 2.14. The van der Waals surface area contributed by atoms with Crippen LogP contribution in [0.3, 0.4) is 0 Å². The van der Waals surface area contributed by atoms with Crippen molar-refractivity contribution in [3.63, 3.8) is 0 Å². The molecule has 0 unspecified atom stereocenters. The van der Waals surface area contributed by atoms with Crippen LogP contribution in [0.5, 0.6) is 0 Å². The Hall–Kier alpha value is -2.21. The van der Waals surface area contributed by atoms with Gasteiger partial charge in [-0.2, -0.15) is 3.89 Å². The molecular weight excluding hydrogens is 383 g/mol. The molecular formula is C23H29FN4S. The molecule has 0 atom stereocenters. The Bertz CT molecular complexity index is 995. The van der Waals surface area contributed by atoms with E-state index >= 15 is 0 Å². The topological polar surface area (TPSA) is 43.6 Å². The second-order valence-corrected chi connectivity index (χ2v) is 10.5. The molecule has 0 aliphatic heterocycles. The summed E-state index contributed by atoms with van der Waals surface area (Å²) in [5.74, 6) is 0.671. The van der Waals surface area contributed by atoms with Crippen LogP contribution in [0.4, 0.5) is 3.89 Å². The summed E-state index contributed by atoms with van der Waals surface area (Å²) in [5, 5.41) is 8.55. The maximum Gasteiger partial charge on any atom is 0.170 e. The number of rotatable bonds is 5. The lowest BCUT2D eigenvalue weighted by molar-refractivity contribution is 0.411. The molecule has 0 amide bonds. The summed E-state index contributed by atoms with van der Waals surface area (Å²) in [4.78, 5) is 4.27. The van der Waals surface area contributed by atoms with Gasteiger partial charge < -0.3 is 0 Å². The van der Waals surface area contributed by atoms with E-state index in [1.807, 2.05) is 24.5 Å². The summed E-state index contributed by atoms with van der Waals surface area (Å²) in [7, 11) is 0. The molecule has 3 rings (SSSR count). The molecule has 6 heteroatoms. The van der Waals surface area contributed by atoms with Gasteiger partial charge in [-0.3, -0.25) is 9.55 Å². The zero-order valence-corrected chi connectivity index (χ0v) is 19.1. The quantitative estimate of drug-likeness (QED) is 0.487. The fourth-order valence-corrected chi connectivity index (χ4v) is 4.12. The number of hydrogen-bond acceptors (Lipinski definition) is 4. The number of aromatic nitrogens is 4. The van der Waals surface area contributed by atoms with Crippen molar-refractivity contribution in [3.05, 3.63) is 59.2 Å². The second kappa shape index (κ2) is 7.90. The normalized spacial score (nSPS) is 12.4. The van der Waals surface area contributed by atoms with Crippen LogP contribution in [0.15, 0.2) is 36.9 Å². The molecule has 1 aromatic carbocycles. The van der Waals surface area contributed by atoms with Crippen molar-refractivity contribution >= 4 is 12.1 Å². The van der Waals surface area contributed by atoms with Crippen molar-refractivity contribution in [1.82, 2.24) is 19.7 Å². The number of aryl methyl sites for hydroxylation is 2. The minimum Gasteiger partial charge on any atom is -0.281 e. The molecule has 3 aromatic rings. The highest BCUT2D eigenvalue weighted by molar-refractivity contribution is 7.95. The summed E-state index contributed by atoms with van der Waals surface area (Å²) in [6.07, 6.45) is 6.17. The van der Waals surface area contributed by atoms with Crippen molar-refractivity contribution < 1.29 is 3.89 Å². The molecule has 0 radical (unpaired) electrons. The first kappa shape index (κ1) is 21.5. The molecule has 0 aliphatic rings. The minimum absolute atomic E-state index is 0.225. The molecule has 0 saturated heterocycles. The van der Waals surface area contributed by atoms with Crippen molar-refractivity contribution in [2.24, 2.45) is 5.41 Å². The van der Waals surface area contributed by atoms with Crippen LogP contribution in [0, 0.1) is 19.3 Å². The summed E-state index contributed by atoms with van der Waals surface area (Å²) in [6, 6.07) is 6.33. The molecule has 0 aliphatic carbocycles. The summed E-state index contributed by atoms with van der Waals surface area (Å²) in [5.41, 5.74) is 6.56. The number of pyridine rings is 1. The predicted molar refractivity (Wildman–Crippen MR) is 119 cm³/mol. The van der Waals surface area contributed by atoms with E-state index in [0.29, 0.717) is 18.0 Å².